The van der Waals surface area contributed by atoms with Gasteiger partial charge in [0.15, 0.2) is 0 Å². The summed E-state index contributed by atoms with van der Waals surface area (Å²) in [7, 11) is 0. The molecule has 1 aromatic carbocycles. The zero-order valence-corrected chi connectivity index (χ0v) is 13.1. The number of benzene rings is 1. The normalized spacial score (nSPS) is 20.2. The molecule has 1 aromatic rings. The van der Waals surface area contributed by atoms with Gasteiger partial charge in [0.1, 0.15) is 0 Å². The van der Waals surface area contributed by atoms with Gasteiger partial charge in [-0.15, -0.1) is 0 Å². The Morgan fingerprint density at radius 3 is 2.55 bits per heavy atom. The van der Waals surface area contributed by atoms with Gasteiger partial charge in [-0.25, -0.2) is 4.79 Å². The summed E-state index contributed by atoms with van der Waals surface area (Å²) in [6, 6.07) is 6.43. The molecule has 1 aliphatic carbocycles. The molecule has 0 saturated heterocycles. The van der Waals surface area contributed by atoms with Crippen LogP contribution in [-0.4, -0.2) is 23.5 Å². The van der Waals surface area contributed by atoms with Crippen LogP contribution in [0.1, 0.15) is 49.0 Å². The number of nitrogens with one attached hydrogen (secondary N) is 1. The van der Waals surface area contributed by atoms with E-state index in [1.807, 2.05) is 0 Å². The average molecular weight is 301 g/mol. The second kappa shape index (κ2) is 6.77. The fourth-order valence-corrected chi connectivity index (χ4v) is 2.97. The minimum atomic E-state index is -0.951. The smallest absolute Gasteiger partial charge is 0.335 e. The summed E-state index contributed by atoms with van der Waals surface area (Å²) in [5.74, 6) is -0.517. The Bertz CT molecular complexity index is 572. The molecule has 4 nitrogen and oxygen atoms in total. The molecule has 0 bridgehead atoms. The number of aromatic carboxylic acids is 1. The zero-order valence-electron chi connectivity index (χ0n) is 13.1. The minimum absolute atomic E-state index is 0.106. The van der Waals surface area contributed by atoms with E-state index in [4.69, 9.17) is 5.11 Å². The van der Waals surface area contributed by atoms with Crippen LogP contribution in [0.5, 0.6) is 0 Å². The lowest BCUT2D eigenvalue weighted by Crippen LogP contribution is -2.32. The first-order valence-corrected chi connectivity index (χ1v) is 7.68. The molecule has 118 valence electrons. The number of amides is 1. The van der Waals surface area contributed by atoms with Gasteiger partial charge in [0, 0.05) is 12.6 Å². The van der Waals surface area contributed by atoms with Crippen molar-refractivity contribution < 1.29 is 14.7 Å². The largest absolute Gasteiger partial charge is 0.478 e. The lowest BCUT2D eigenvalue weighted by atomic mass is 9.82. The third-order valence-corrected chi connectivity index (χ3v) is 4.59. The Morgan fingerprint density at radius 2 is 2.00 bits per heavy atom. The van der Waals surface area contributed by atoms with E-state index in [2.05, 4.69) is 19.2 Å². The van der Waals surface area contributed by atoms with Crippen LogP contribution in [0.2, 0.25) is 0 Å². The Kier molecular flexibility index (Phi) is 5.01. The lowest BCUT2D eigenvalue weighted by molar-refractivity contribution is -0.116. The average Bonchev–Trinajstić information content (AvgIpc) is 2.82. The van der Waals surface area contributed by atoms with Gasteiger partial charge >= 0.3 is 5.97 Å². The van der Waals surface area contributed by atoms with Crippen LogP contribution in [-0.2, 0) is 4.79 Å². The molecule has 1 fully saturated rings. The molecule has 1 aliphatic rings. The Morgan fingerprint density at radius 1 is 1.32 bits per heavy atom. The first kappa shape index (κ1) is 16.3. The van der Waals surface area contributed by atoms with Crippen molar-refractivity contribution in [3.63, 3.8) is 0 Å². The Balaban J connectivity index is 1.85. The van der Waals surface area contributed by atoms with Gasteiger partial charge in [-0.2, -0.15) is 0 Å². The van der Waals surface area contributed by atoms with Crippen molar-refractivity contribution in [3.8, 4) is 0 Å². The molecule has 2 N–H and O–H groups in total. The SMILES string of the molecule is CC1(C)CCCC1CNC(=O)C=Cc1ccc(C(=O)O)cc1. The third-order valence-electron chi connectivity index (χ3n) is 4.59. The fourth-order valence-electron chi connectivity index (χ4n) is 2.97. The number of carbonyl (C=O) groups is 2. The molecule has 1 amide bonds. The second-order valence-electron chi connectivity index (χ2n) is 6.58. The predicted octanol–water partition coefficient (Wildman–Crippen LogP) is 3.34. The summed E-state index contributed by atoms with van der Waals surface area (Å²) < 4.78 is 0. The van der Waals surface area contributed by atoms with Gasteiger partial charge in [-0.05, 0) is 47.9 Å². The minimum Gasteiger partial charge on any atom is -0.478 e. The van der Waals surface area contributed by atoms with Crippen LogP contribution < -0.4 is 5.32 Å². The van der Waals surface area contributed by atoms with Crippen LogP contribution in [0, 0.1) is 11.3 Å². The van der Waals surface area contributed by atoms with Crippen LogP contribution in [0.4, 0.5) is 0 Å². The van der Waals surface area contributed by atoms with Crippen molar-refractivity contribution >= 4 is 18.0 Å². The van der Waals surface area contributed by atoms with Gasteiger partial charge < -0.3 is 10.4 Å². The molecule has 2 rings (SSSR count). The molecule has 0 heterocycles. The van der Waals surface area contributed by atoms with Gasteiger partial charge in [0.2, 0.25) is 5.91 Å². The van der Waals surface area contributed by atoms with E-state index in [0.717, 1.165) is 5.56 Å². The van der Waals surface area contributed by atoms with Crippen molar-refractivity contribution in [1.82, 2.24) is 5.32 Å². The molecule has 22 heavy (non-hydrogen) atoms. The Hall–Kier alpha value is -2.10. The van der Waals surface area contributed by atoms with Gasteiger partial charge in [0.25, 0.3) is 0 Å². The molecule has 1 saturated carbocycles. The predicted molar refractivity (Wildman–Crippen MR) is 86.6 cm³/mol. The maximum Gasteiger partial charge on any atom is 0.335 e. The van der Waals surface area contributed by atoms with Crippen molar-refractivity contribution in [3.05, 3.63) is 41.5 Å². The fraction of sp³-hybridized carbons (Fsp3) is 0.444. The van der Waals surface area contributed by atoms with Gasteiger partial charge in [-0.3, -0.25) is 4.79 Å². The number of carboxylic acids is 1. The number of carboxylic acid groups (broad SMARTS) is 1. The van der Waals surface area contributed by atoms with Gasteiger partial charge in [0.05, 0.1) is 5.56 Å². The molecule has 0 spiro atoms. The van der Waals surface area contributed by atoms with E-state index in [1.54, 1.807) is 18.2 Å². The maximum atomic E-state index is 11.9. The highest BCUT2D eigenvalue weighted by Gasteiger charge is 2.34. The van der Waals surface area contributed by atoms with Crippen molar-refractivity contribution in [1.29, 1.82) is 0 Å². The first-order chi connectivity index (χ1) is 10.4. The molecule has 1 unspecified atom stereocenters. The van der Waals surface area contributed by atoms with E-state index in [1.165, 1.54) is 37.5 Å². The first-order valence-electron chi connectivity index (χ1n) is 7.68. The topological polar surface area (TPSA) is 66.4 Å². The standard InChI is InChI=1S/C18H23NO3/c1-18(2)11-3-4-15(18)12-19-16(20)10-7-13-5-8-14(9-6-13)17(21)22/h5-10,15H,3-4,11-12H2,1-2H3,(H,19,20)(H,21,22). The number of rotatable bonds is 5. The molecular weight excluding hydrogens is 278 g/mol. The van der Waals surface area contributed by atoms with Crippen molar-refractivity contribution in [2.45, 2.75) is 33.1 Å². The van der Waals surface area contributed by atoms with Crippen molar-refractivity contribution in [2.75, 3.05) is 6.54 Å². The van der Waals surface area contributed by atoms with Crippen LogP contribution in [0.15, 0.2) is 30.3 Å². The molecule has 1 atom stereocenters. The highest BCUT2D eigenvalue weighted by molar-refractivity contribution is 5.92. The Labute approximate surface area is 131 Å². The van der Waals surface area contributed by atoms with E-state index in [0.29, 0.717) is 17.9 Å². The summed E-state index contributed by atoms with van der Waals surface area (Å²) in [4.78, 5) is 22.6. The number of hydrogen-bond donors (Lipinski definition) is 2. The highest BCUT2D eigenvalue weighted by Crippen LogP contribution is 2.41. The number of carbonyl (C=O) groups excluding carboxylic acids is 1. The zero-order chi connectivity index (χ0) is 16.2. The summed E-state index contributed by atoms with van der Waals surface area (Å²) in [5, 5.41) is 11.8. The second-order valence-corrected chi connectivity index (χ2v) is 6.58. The molecule has 0 radical (unpaired) electrons. The summed E-state index contributed by atoms with van der Waals surface area (Å²) in [5.41, 5.74) is 1.36. The van der Waals surface area contributed by atoms with Crippen LogP contribution in [0.3, 0.4) is 0 Å². The highest BCUT2D eigenvalue weighted by atomic mass is 16.4. The van der Waals surface area contributed by atoms with E-state index >= 15 is 0 Å². The third kappa shape index (κ3) is 4.20. The van der Waals surface area contributed by atoms with Crippen LogP contribution in [0.25, 0.3) is 6.08 Å². The monoisotopic (exact) mass is 301 g/mol. The van der Waals surface area contributed by atoms with E-state index in [9.17, 15) is 9.59 Å². The molecule has 4 heteroatoms. The lowest BCUT2D eigenvalue weighted by Gasteiger charge is -2.26. The van der Waals surface area contributed by atoms with Gasteiger partial charge in [-0.1, -0.05) is 32.4 Å². The van der Waals surface area contributed by atoms with Crippen LogP contribution >= 0.6 is 0 Å². The van der Waals surface area contributed by atoms with E-state index < -0.39 is 5.97 Å². The molecule has 0 aromatic heterocycles. The molecular formula is C18H23NO3. The summed E-state index contributed by atoms with van der Waals surface area (Å²) in [6.45, 7) is 5.24. The maximum absolute atomic E-state index is 11.9. The van der Waals surface area contributed by atoms with E-state index in [-0.39, 0.29) is 11.5 Å². The number of hydrogen-bond acceptors (Lipinski definition) is 2. The quantitative estimate of drug-likeness (QED) is 0.820. The van der Waals surface area contributed by atoms with Crippen molar-refractivity contribution in [2.24, 2.45) is 11.3 Å². The summed E-state index contributed by atoms with van der Waals surface area (Å²) in [6.07, 6.45) is 6.82. The molecule has 0 aliphatic heterocycles. The summed E-state index contributed by atoms with van der Waals surface area (Å²) >= 11 is 0.